The van der Waals surface area contributed by atoms with Gasteiger partial charge in [0.15, 0.2) is 5.78 Å². The average molecular weight is 204 g/mol. The molecule has 1 atom stereocenters. The number of carbonyl (C=O) groups excluding carboxylic acids is 1. The summed E-state index contributed by atoms with van der Waals surface area (Å²) in [6, 6.07) is 3.98. The molecule has 0 N–H and O–H groups in total. The summed E-state index contributed by atoms with van der Waals surface area (Å²) in [6.45, 7) is 4.14. The van der Waals surface area contributed by atoms with E-state index < -0.39 is 0 Å². The molecule has 0 bridgehead atoms. The van der Waals surface area contributed by atoms with Crippen molar-refractivity contribution in [3.05, 3.63) is 28.8 Å². The van der Waals surface area contributed by atoms with Gasteiger partial charge >= 0.3 is 0 Å². The Morgan fingerprint density at radius 1 is 1.40 bits per heavy atom. The Bertz CT molecular complexity index is 407. The van der Waals surface area contributed by atoms with Crippen molar-refractivity contribution in [3.8, 4) is 5.75 Å². The van der Waals surface area contributed by atoms with E-state index in [0.29, 0.717) is 12.3 Å². The number of ketones is 1. The zero-order chi connectivity index (χ0) is 11.0. The highest BCUT2D eigenvalue weighted by Gasteiger charge is 2.23. The lowest BCUT2D eigenvalue weighted by atomic mass is 9.82. The molecule has 0 heterocycles. The molecule has 0 saturated heterocycles. The Kier molecular flexibility index (Phi) is 2.51. The van der Waals surface area contributed by atoms with Crippen LogP contribution in [0.1, 0.15) is 47.2 Å². The van der Waals surface area contributed by atoms with E-state index >= 15 is 0 Å². The van der Waals surface area contributed by atoms with Crippen LogP contribution in [-0.4, -0.2) is 12.9 Å². The van der Waals surface area contributed by atoms with Crippen molar-refractivity contribution in [1.82, 2.24) is 0 Å². The first kappa shape index (κ1) is 10.2. The fourth-order valence-corrected chi connectivity index (χ4v) is 2.21. The van der Waals surface area contributed by atoms with Gasteiger partial charge in [-0.25, -0.2) is 0 Å². The van der Waals surface area contributed by atoms with Crippen LogP contribution in [0.2, 0.25) is 0 Å². The second kappa shape index (κ2) is 3.69. The van der Waals surface area contributed by atoms with Gasteiger partial charge in [0.1, 0.15) is 5.75 Å². The SMILES string of the molecule is COc1cc2c(cc1C)C(=O)CC[C@@H]2C. The number of methoxy groups -OCH3 is 1. The molecule has 1 aromatic carbocycles. The quantitative estimate of drug-likeness (QED) is 0.702. The summed E-state index contributed by atoms with van der Waals surface area (Å²) in [7, 11) is 1.67. The minimum atomic E-state index is 0.272. The van der Waals surface area contributed by atoms with Gasteiger partial charge in [0.2, 0.25) is 0 Å². The van der Waals surface area contributed by atoms with Crippen molar-refractivity contribution < 1.29 is 9.53 Å². The third-order valence-electron chi connectivity index (χ3n) is 3.20. The molecule has 80 valence electrons. The molecule has 0 amide bonds. The molecule has 0 unspecified atom stereocenters. The molecule has 0 aromatic heterocycles. The van der Waals surface area contributed by atoms with Gasteiger partial charge in [-0.3, -0.25) is 4.79 Å². The van der Waals surface area contributed by atoms with Crippen molar-refractivity contribution in [3.63, 3.8) is 0 Å². The normalized spacial score (nSPS) is 19.9. The largest absolute Gasteiger partial charge is 0.496 e. The van der Waals surface area contributed by atoms with E-state index in [1.54, 1.807) is 7.11 Å². The fourth-order valence-electron chi connectivity index (χ4n) is 2.21. The van der Waals surface area contributed by atoms with Gasteiger partial charge in [0, 0.05) is 12.0 Å². The predicted molar refractivity (Wildman–Crippen MR) is 59.7 cm³/mol. The summed E-state index contributed by atoms with van der Waals surface area (Å²) in [5.41, 5.74) is 3.08. The molecule has 1 aromatic rings. The van der Waals surface area contributed by atoms with Gasteiger partial charge in [-0.05, 0) is 42.5 Å². The summed E-state index contributed by atoms with van der Waals surface area (Å²) in [5, 5.41) is 0. The van der Waals surface area contributed by atoms with Gasteiger partial charge in [-0.15, -0.1) is 0 Å². The zero-order valence-corrected chi connectivity index (χ0v) is 9.46. The highest BCUT2D eigenvalue weighted by Crippen LogP contribution is 2.35. The molecule has 2 rings (SSSR count). The van der Waals surface area contributed by atoms with Crippen LogP contribution in [0.5, 0.6) is 5.75 Å². The van der Waals surface area contributed by atoms with Crippen molar-refractivity contribution >= 4 is 5.78 Å². The van der Waals surface area contributed by atoms with Gasteiger partial charge < -0.3 is 4.74 Å². The molecule has 0 fully saturated rings. The van der Waals surface area contributed by atoms with Crippen LogP contribution in [-0.2, 0) is 0 Å². The fraction of sp³-hybridized carbons (Fsp3) is 0.462. The van der Waals surface area contributed by atoms with E-state index in [9.17, 15) is 4.79 Å². The van der Waals surface area contributed by atoms with E-state index in [2.05, 4.69) is 6.92 Å². The number of hydrogen-bond donors (Lipinski definition) is 0. The predicted octanol–water partition coefficient (Wildman–Crippen LogP) is 3.08. The average Bonchev–Trinajstić information content (AvgIpc) is 2.23. The molecular formula is C13H16O2. The first-order valence-corrected chi connectivity index (χ1v) is 5.35. The summed E-state index contributed by atoms with van der Waals surface area (Å²) in [5.74, 6) is 1.62. The van der Waals surface area contributed by atoms with Crippen molar-refractivity contribution in [2.75, 3.05) is 7.11 Å². The van der Waals surface area contributed by atoms with E-state index in [-0.39, 0.29) is 5.78 Å². The Morgan fingerprint density at radius 2 is 2.13 bits per heavy atom. The third kappa shape index (κ3) is 1.65. The lowest BCUT2D eigenvalue weighted by Gasteiger charge is -2.22. The highest BCUT2D eigenvalue weighted by molar-refractivity contribution is 5.99. The van der Waals surface area contributed by atoms with Crippen LogP contribution in [0.15, 0.2) is 12.1 Å². The minimum Gasteiger partial charge on any atom is -0.496 e. The lowest BCUT2D eigenvalue weighted by Crippen LogP contribution is -2.14. The lowest BCUT2D eigenvalue weighted by molar-refractivity contribution is 0.0968. The summed E-state index contributed by atoms with van der Waals surface area (Å²) >= 11 is 0. The van der Waals surface area contributed by atoms with Crippen molar-refractivity contribution in [2.45, 2.75) is 32.6 Å². The Hall–Kier alpha value is -1.31. The van der Waals surface area contributed by atoms with Gasteiger partial charge in [0.25, 0.3) is 0 Å². The van der Waals surface area contributed by atoms with E-state index in [1.165, 1.54) is 0 Å². The van der Waals surface area contributed by atoms with Gasteiger partial charge in [-0.2, -0.15) is 0 Å². The standard InChI is InChI=1S/C13H16O2/c1-8-4-5-12(14)11-6-9(2)13(15-3)7-10(8)11/h6-8H,4-5H2,1-3H3/t8-/m0/s1. The summed E-state index contributed by atoms with van der Waals surface area (Å²) < 4.78 is 5.28. The molecule has 15 heavy (non-hydrogen) atoms. The summed E-state index contributed by atoms with van der Waals surface area (Å²) in [4.78, 5) is 11.7. The van der Waals surface area contributed by atoms with E-state index in [4.69, 9.17) is 4.74 Å². The van der Waals surface area contributed by atoms with Gasteiger partial charge in [0.05, 0.1) is 7.11 Å². The Morgan fingerprint density at radius 3 is 2.80 bits per heavy atom. The number of Topliss-reactive ketones (excluding diaryl/α,β-unsaturated/α-hetero) is 1. The van der Waals surface area contributed by atoms with Crippen LogP contribution >= 0.6 is 0 Å². The number of fused-ring (bicyclic) bond motifs is 1. The van der Waals surface area contributed by atoms with E-state index in [1.807, 2.05) is 19.1 Å². The molecule has 0 saturated carbocycles. The molecule has 0 spiro atoms. The van der Waals surface area contributed by atoms with Crippen LogP contribution in [0.25, 0.3) is 0 Å². The minimum absolute atomic E-state index is 0.272. The molecule has 2 heteroatoms. The monoisotopic (exact) mass is 204 g/mol. The molecule has 0 aliphatic heterocycles. The molecule has 1 aliphatic rings. The maximum Gasteiger partial charge on any atom is 0.163 e. The van der Waals surface area contributed by atoms with Crippen LogP contribution < -0.4 is 4.74 Å². The zero-order valence-electron chi connectivity index (χ0n) is 9.46. The first-order chi connectivity index (χ1) is 7.13. The van der Waals surface area contributed by atoms with Crippen LogP contribution in [0, 0.1) is 6.92 Å². The molecule has 2 nitrogen and oxygen atoms in total. The Balaban J connectivity index is 2.58. The Labute approximate surface area is 90.3 Å². The number of rotatable bonds is 1. The molecule has 0 radical (unpaired) electrons. The maximum absolute atomic E-state index is 11.7. The highest BCUT2D eigenvalue weighted by atomic mass is 16.5. The number of carbonyl (C=O) groups is 1. The number of benzene rings is 1. The van der Waals surface area contributed by atoms with Crippen molar-refractivity contribution in [1.29, 1.82) is 0 Å². The first-order valence-electron chi connectivity index (χ1n) is 5.35. The van der Waals surface area contributed by atoms with Crippen LogP contribution in [0.3, 0.4) is 0 Å². The molecule has 1 aliphatic carbocycles. The van der Waals surface area contributed by atoms with Crippen molar-refractivity contribution in [2.24, 2.45) is 0 Å². The van der Waals surface area contributed by atoms with Crippen LogP contribution in [0.4, 0.5) is 0 Å². The molecular weight excluding hydrogens is 188 g/mol. The second-order valence-electron chi connectivity index (χ2n) is 4.27. The number of hydrogen-bond acceptors (Lipinski definition) is 2. The number of aryl methyl sites for hydroxylation is 1. The third-order valence-corrected chi connectivity index (χ3v) is 3.20. The second-order valence-corrected chi connectivity index (χ2v) is 4.27. The number of ether oxygens (including phenoxy) is 1. The van der Waals surface area contributed by atoms with E-state index in [0.717, 1.165) is 28.9 Å². The smallest absolute Gasteiger partial charge is 0.163 e. The maximum atomic E-state index is 11.7. The van der Waals surface area contributed by atoms with Gasteiger partial charge in [-0.1, -0.05) is 6.92 Å². The topological polar surface area (TPSA) is 26.3 Å². The summed E-state index contributed by atoms with van der Waals surface area (Å²) in [6.07, 6.45) is 1.64.